The third-order valence-electron chi connectivity index (χ3n) is 2.25. The molecule has 2 aromatic rings. The highest BCUT2D eigenvalue weighted by Gasteiger charge is 2.13. The third kappa shape index (κ3) is 3.18. The molecule has 18 heavy (non-hydrogen) atoms. The van der Waals surface area contributed by atoms with Gasteiger partial charge in [-0.05, 0) is 24.0 Å². The summed E-state index contributed by atoms with van der Waals surface area (Å²) >= 11 is 17.4. The minimum absolute atomic E-state index is 0.386. The van der Waals surface area contributed by atoms with Gasteiger partial charge in [-0.1, -0.05) is 51.3 Å². The van der Waals surface area contributed by atoms with Gasteiger partial charge in [0.05, 0.1) is 11.3 Å². The Hall–Kier alpha value is -0.290. The molecule has 1 aromatic carbocycles. The predicted molar refractivity (Wildman–Crippen MR) is 82.4 cm³/mol. The minimum atomic E-state index is 0.386. The fraction of sp³-hybridized carbons (Fsp3) is 0.167. The van der Waals surface area contributed by atoms with Crippen molar-refractivity contribution in [1.82, 2.24) is 9.97 Å². The normalized spacial score (nSPS) is 10.7. The molecule has 0 bridgehead atoms. The van der Waals surface area contributed by atoms with E-state index in [9.17, 15) is 0 Å². The van der Waals surface area contributed by atoms with Gasteiger partial charge in [0.1, 0.15) is 16.1 Å². The Balaban J connectivity index is 2.51. The molecule has 2 rings (SSSR count). The van der Waals surface area contributed by atoms with Crippen LogP contribution < -0.4 is 0 Å². The molecule has 0 fully saturated rings. The zero-order chi connectivity index (χ0) is 13.1. The molecule has 0 spiro atoms. The van der Waals surface area contributed by atoms with E-state index in [0.29, 0.717) is 27.4 Å². The van der Waals surface area contributed by atoms with Crippen LogP contribution in [0.5, 0.6) is 0 Å². The lowest BCUT2D eigenvalue weighted by Crippen LogP contribution is -1.97. The Labute approximate surface area is 128 Å². The van der Waals surface area contributed by atoms with Crippen molar-refractivity contribution in [3.8, 4) is 11.1 Å². The van der Waals surface area contributed by atoms with Crippen molar-refractivity contribution in [3.05, 3.63) is 44.9 Å². The SMILES string of the molecule is CSCc1nc(Cl)c(-c2cccc(Br)c2)c(Cl)n1. The summed E-state index contributed by atoms with van der Waals surface area (Å²) in [5, 5.41) is 0.773. The van der Waals surface area contributed by atoms with E-state index in [-0.39, 0.29) is 0 Å². The zero-order valence-corrected chi connectivity index (χ0v) is 13.4. The summed E-state index contributed by atoms with van der Waals surface area (Å²) in [6.07, 6.45) is 1.98. The van der Waals surface area contributed by atoms with Crippen LogP contribution in [-0.4, -0.2) is 16.2 Å². The lowest BCUT2D eigenvalue weighted by molar-refractivity contribution is 1.04. The molecular formula is C12H9BrCl2N2S. The Kier molecular flexibility index (Phi) is 4.90. The van der Waals surface area contributed by atoms with Crippen LogP contribution in [0.1, 0.15) is 5.82 Å². The van der Waals surface area contributed by atoms with Crippen molar-refractivity contribution in [3.63, 3.8) is 0 Å². The molecule has 0 N–H and O–H groups in total. The second-order valence-corrected chi connectivity index (χ2v) is 6.04. The van der Waals surface area contributed by atoms with E-state index in [2.05, 4.69) is 25.9 Å². The molecule has 0 unspecified atom stereocenters. The van der Waals surface area contributed by atoms with Crippen molar-refractivity contribution >= 4 is 50.9 Å². The molecule has 0 saturated carbocycles. The molecule has 1 heterocycles. The molecule has 0 radical (unpaired) electrons. The van der Waals surface area contributed by atoms with Crippen molar-refractivity contribution in [2.45, 2.75) is 5.75 Å². The van der Waals surface area contributed by atoms with Crippen molar-refractivity contribution < 1.29 is 0 Å². The first-order valence-electron chi connectivity index (χ1n) is 5.08. The maximum absolute atomic E-state index is 6.20. The van der Waals surface area contributed by atoms with Gasteiger partial charge in [-0.25, -0.2) is 9.97 Å². The van der Waals surface area contributed by atoms with Gasteiger partial charge in [-0.3, -0.25) is 0 Å². The van der Waals surface area contributed by atoms with Crippen LogP contribution in [0.4, 0.5) is 0 Å². The van der Waals surface area contributed by atoms with Gasteiger partial charge in [0.15, 0.2) is 0 Å². The Bertz CT molecular complexity index is 555. The molecule has 6 heteroatoms. The van der Waals surface area contributed by atoms with E-state index in [1.54, 1.807) is 11.8 Å². The van der Waals surface area contributed by atoms with Gasteiger partial charge in [0.25, 0.3) is 0 Å². The van der Waals surface area contributed by atoms with Crippen molar-refractivity contribution in [2.75, 3.05) is 6.26 Å². The second-order valence-electron chi connectivity index (χ2n) is 3.54. The largest absolute Gasteiger partial charge is 0.220 e. The summed E-state index contributed by atoms with van der Waals surface area (Å²) in [5.41, 5.74) is 1.57. The summed E-state index contributed by atoms with van der Waals surface area (Å²) in [6, 6.07) is 7.72. The van der Waals surface area contributed by atoms with Gasteiger partial charge in [-0.15, -0.1) is 0 Å². The van der Waals surface area contributed by atoms with Gasteiger partial charge in [0.2, 0.25) is 0 Å². The number of rotatable bonds is 3. The first-order chi connectivity index (χ1) is 8.61. The lowest BCUT2D eigenvalue weighted by Gasteiger charge is -2.08. The number of hydrogen-bond donors (Lipinski definition) is 0. The van der Waals surface area contributed by atoms with Crippen LogP contribution in [0.25, 0.3) is 11.1 Å². The fourth-order valence-electron chi connectivity index (χ4n) is 1.52. The smallest absolute Gasteiger partial charge is 0.142 e. The van der Waals surface area contributed by atoms with E-state index in [1.807, 2.05) is 30.5 Å². The summed E-state index contributed by atoms with van der Waals surface area (Å²) in [5.74, 6) is 1.34. The Morgan fingerprint density at radius 3 is 2.44 bits per heavy atom. The maximum Gasteiger partial charge on any atom is 0.142 e. The van der Waals surface area contributed by atoms with Crippen LogP contribution >= 0.6 is 50.9 Å². The zero-order valence-electron chi connectivity index (χ0n) is 9.45. The van der Waals surface area contributed by atoms with Crippen LogP contribution in [-0.2, 0) is 5.75 Å². The summed E-state index contributed by atoms with van der Waals surface area (Å²) in [4.78, 5) is 8.53. The molecule has 2 nitrogen and oxygen atoms in total. The van der Waals surface area contributed by atoms with E-state index in [0.717, 1.165) is 10.0 Å². The molecule has 0 aliphatic rings. The molecule has 1 aromatic heterocycles. The summed E-state index contributed by atoms with van der Waals surface area (Å²) in [6.45, 7) is 0. The number of aromatic nitrogens is 2. The molecular weight excluding hydrogens is 355 g/mol. The second kappa shape index (κ2) is 6.24. The fourth-order valence-corrected chi connectivity index (χ4v) is 2.95. The Morgan fingerprint density at radius 2 is 1.89 bits per heavy atom. The topological polar surface area (TPSA) is 25.8 Å². The molecule has 0 aliphatic carbocycles. The molecule has 0 saturated heterocycles. The summed E-state index contributed by atoms with van der Waals surface area (Å²) in [7, 11) is 0. The third-order valence-corrected chi connectivity index (χ3v) is 3.84. The van der Waals surface area contributed by atoms with E-state index >= 15 is 0 Å². The highest BCUT2D eigenvalue weighted by molar-refractivity contribution is 9.10. The number of nitrogens with zero attached hydrogens (tertiary/aromatic N) is 2. The summed E-state index contributed by atoms with van der Waals surface area (Å²) < 4.78 is 0.959. The standard InChI is InChI=1S/C12H9BrCl2N2S/c1-18-6-9-16-11(14)10(12(15)17-9)7-3-2-4-8(13)5-7/h2-5H,6H2,1H3. The van der Waals surface area contributed by atoms with Gasteiger partial charge < -0.3 is 0 Å². The van der Waals surface area contributed by atoms with E-state index < -0.39 is 0 Å². The lowest BCUT2D eigenvalue weighted by atomic mass is 10.1. The number of hydrogen-bond acceptors (Lipinski definition) is 3. The van der Waals surface area contributed by atoms with Crippen LogP contribution in [0.2, 0.25) is 10.3 Å². The average Bonchev–Trinajstić information content (AvgIpc) is 2.28. The van der Waals surface area contributed by atoms with Crippen molar-refractivity contribution in [2.24, 2.45) is 0 Å². The van der Waals surface area contributed by atoms with Crippen molar-refractivity contribution in [1.29, 1.82) is 0 Å². The average molecular weight is 364 g/mol. The van der Waals surface area contributed by atoms with Gasteiger partial charge in [0, 0.05) is 4.47 Å². The highest BCUT2D eigenvalue weighted by atomic mass is 79.9. The first kappa shape index (κ1) is 14.1. The number of halogens is 3. The maximum atomic E-state index is 6.20. The predicted octanol–water partition coefficient (Wildman–Crippen LogP) is 5.08. The monoisotopic (exact) mass is 362 g/mol. The van der Waals surface area contributed by atoms with Gasteiger partial charge >= 0.3 is 0 Å². The molecule has 0 aliphatic heterocycles. The van der Waals surface area contributed by atoms with E-state index in [1.165, 1.54) is 0 Å². The molecule has 0 atom stereocenters. The quantitative estimate of drug-likeness (QED) is 0.711. The first-order valence-corrected chi connectivity index (χ1v) is 8.03. The minimum Gasteiger partial charge on any atom is -0.220 e. The van der Waals surface area contributed by atoms with E-state index in [4.69, 9.17) is 23.2 Å². The van der Waals surface area contributed by atoms with Crippen LogP contribution in [0.3, 0.4) is 0 Å². The van der Waals surface area contributed by atoms with Gasteiger partial charge in [-0.2, -0.15) is 11.8 Å². The Morgan fingerprint density at radius 1 is 1.22 bits per heavy atom. The molecule has 0 amide bonds. The highest BCUT2D eigenvalue weighted by Crippen LogP contribution is 2.33. The number of benzene rings is 1. The van der Waals surface area contributed by atoms with Crippen LogP contribution in [0, 0.1) is 0 Å². The molecule has 94 valence electrons. The van der Waals surface area contributed by atoms with Crippen LogP contribution in [0.15, 0.2) is 28.7 Å². The number of thioether (sulfide) groups is 1.